The van der Waals surface area contributed by atoms with Gasteiger partial charge in [-0.15, -0.1) is 0 Å². The highest BCUT2D eigenvalue weighted by atomic mass is 35.5. The fourth-order valence-electron chi connectivity index (χ4n) is 1.88. The van der Waals surface area contributed by atoms with Gasteiger partial charge in [0.15, 0.2) is 6.10 Å². The smallest absolute Gasteiger partial charge is 0.309 e. The molecule has 0 bridgehead atoms. The number of rotatable bonds is 4. The summed E-state index contributed by atoms with van der Waals surface area (Å²) in [5.74, 6) is -0.414. The molecule has 0 fully saturated rings. The minimum atomic E-state index is -0.472. The zero-order valence-electron chi connectivity index (χ0n) is 11.5. The minimum absolute atomic E-state index is 0.177. The average Bonchev–Trinajstić information content (AvgIpc) is 2.46. The summed E-state index contributed by atoms with van der Waals surface area (Å²) in [4.78, 5) is 11.9. The Morgan fingerprint density at radius 1 is 1.00 bits per heavy atom. The molecular weight excluding hydrogens is 272 g/mol. The molecule has 1 unspecified atom stereocenters. The molecule has 0 aliphatic rings. The molecule has 2 rings (SSSR count). The van der Waals surface area contributed by atoms with Crippen LogP contribution in [0.1, 0.15) is 31.1 Å². The van der Waals surface area contributed by atoms with Crippen LogP contribution in [0.25, 0.3) is 0 Å². The number of ether oxygens (including phenoxy) is 1. The van der Waals surface area contributed by atoms with Crippen LogP contribution >= 0.6 is 11.6 Å². The molecule has 0 N–H and O–H groups in total. The monoisotopic (exact) mass is 288 g/mol. The van der Waals surface area contributed by atoms with E-state index in [0.717, 1.165) is 11.1 Å². The summed E-state index contributed by atoms with van der Waals surface area (Å²) in [6.45, 7) is 3.63. The predicted octanol–water partition coefficient (Wildman–Crippen LogP) is 4.63. The molecule has 2 nitrogen and oxygen atoms in total. The van der Waals surface area contributed by atoms with Gasteiger partial charge in [0, 0.05) is 10.6 Å². The Morgan fingerprint density at radius 2 is 1.60 bits per heavy atom. The maximum Gasteiger partial charge on any atom is 0.309 e. The second kappa shape index (κ2) is 6.58. The van der Waals surface area contributed by atoms with Crippen LogP contribution in [0.2, 0.25) is 5.02 Å². The molecule has 0 spiro atoms. The zero-order chi connectivity index (χ0) is 14.5. The van der Waals surface area contributed by atoms with Crippen molar-refractivity contribution in [2.45, 2.75) is 20.0 Å². The Balaban J connectivity index is 2.40. The highest BCUT2D eigenvalue weighted by molar-refractivity contribution is 6.31. The van der Waals surface area contributed by atoms with Crippen LogP contribution in [0.5, 0.6) is 0 Å². The van der Waals surface area contributed by atoms with Gasteiger partial charge in [-0.1, -0.05) is 74.0 Å². The Bertz CT molecular complexity index is 579. The highest BCUT2D eigenvalue weighted by Gasteiger charge is 2.22. The first-order valence-electron chi connectivity index (χ1n) is 6.59. The standard InChI is InChI=1S/C17H17ClO2/c1-12(2)17(19)20-16(13-8-4-3-5-9-13)14-10-6-7-11-15(14)18/h3-12,16H,1-2H3. The van der Waals surface area contributed by atoms with E-state index in [1.54, 1.807) is 6.07 Å². The fourth-order valence-corrected chi connectivity index (χ4v) is 2.11. The topological polar surface area (TPSA) is 26.3 Å². The molecule has 0 aliphatic heterocycles. The summed E-state index contributed by atoms with van der Waals surface area (Å²) >= 11 is 6.24. The van der Waals surface area contributed by atoms with E-state index in [1.807, 2.05) is 62.4 Å². The third kappa shape index (κ3) is 3.40. The van der Waals surface area contributed by atoms with E-state index in [9.17, 15) is 4.79 Å². The summed E-state index contributed by atoms with van der Waals surface area (Å²) in [6.07, 6.45) is -0.472. The molecule has 0 aromatic heterocycles. The highest BCUT2D eigenvalue weighted by Crippen LogP contribution is 2.31. The van der Waals surface area contributed by atoms with Gasteiger partial charge in [-0.05, 0) is 11.6 Å². The second-order valence-electron chi connectivity index (χ2n) is 4.90. The number of carbonyl (C=O) groups excluding carboxylic acids is 1. The van der Waals surface area contributed by atoms with Gasteiger partial charge in [-0.3, -0.25) is 4.79 Å². The Labute approximate surface area is 124 Å². The Kier molecular flexibility index (Phi) is 4.80. The van der Waals surface area contributed by atoms with Crippen molar-refractivity contribution < 1.29 is 9.53 Å². The first kappa shape index (κ1) is 14.6. The molecule has 0 aliphatic carbocycles. The van der Waals surface area contributed by atoms with Gasteiger partial charge in [-0.2, -0.15) is 0 Å². The van der Waals surface area contributed by atoms with Crippen molar-refractivity contribution in [2.75, 3.05) is 0 Å². The first-order chi connectivity index (χ1) is 9.59. The van der Waals surface area contributed by atoms with Gasteiger partial charge in [0.2, 0.25) is 0 Å². The van der Waals surface area contributed by atoms with Crippen molar-refractivity contribution in [2.24, 2.45) is 5.92 Å². The molecule has 0 heterocycles. The van der Waals surface area contributed by atoms with Crippen LogP contribution in [0.3, 0.4) is 0 Å². The van der Waals surface area contributed by atoms with E-state index in [2.05, 4.69) is 0 Å². The molecule has 0 radical (unpaired) electrons. The minimum Gasteiger partial charge on any atom is -0.452 e. The maximum atomic E-state index is 11.9. The van der Waals surface area contributed by atoms with Gasteiger partial charge in [-0.25, -0.2) is 0 Å². The number of esters is 1. The number of hydrogen-bond donors (Lipinski definition) is 0. The SMILES string of the molecule is CC(C)C(=O)OC(c1ccccc1)c1ccccc1Cl. The van der Waals surface area contributed by atoms with Crippen LogP contribution in [0, 0.1) is 5.92 Å². The lowest BCUT2D eigenvalue weighted by molar-refractivity contribution is -0.151. The molecule has 1 atom stereocenters. The van der Waals surface area contributed by atoms with Crippen LogP contribution in [-0.4, -0.2) is 5.97 Å². The molecule has 104 valence electrons. The van der Waals surface area contributed by atoms with Crippen molar-refractivity contribution in [3.8, 4) is 0 Å². The average molecular weight is 289 g/mol. The fraction of sp³-hybridized carbons (Fsp3) is 0.235. The third-order valence-corrected chi connectivity index (χ3v) is 3.34. The first-order valence-corrected chi connectivity index (χ1v) is 6.97. The summed E-state index contributed by atoms with van der Waals surface area (Å²) in [5.41, 5.74) is 1.71. The predicted molar refractivity (Wildman–Crippen MR) is 80.7 cm³/mol. The van der Waals surface area contributed by atoms with Gasteiger partial charge < -0.3 is 4.74 Å². The molecule has 2 aromatic carbocycles. The molecule has 3 heteroatoms. The van der Waals surface area contributed by atoms with Gasteiger partial charge >= 0.3 is 5.97 Å². The lowest BCUT2D eigenvalue weighted by atomic mass is 10.0. The summed E-state index contributed by atoms with van der Waals surface area (Å²) in [6, 6.07) is 17.1. The van der Waals surface area contributed by atoms with Crippen molar-refractivity contribution in [1.82, 2.24) is 0 Å². The van der Waals surface area contributed by atoms with Crippen LogP contribution < -0.4 is 0 Å². The lowest BCUT2D eigenvalue weighted by Crippen LogP contribution is -2.17. The Hall–Kier alpha value is -1.80. The Morgan fingerprint density at radius 3 is 2.20 bits per heavy atom. The van der Waals surface area contributed by atoms with Crippen LogP contribution in [-0.2, 0) is 9.53 Å². The number of hydrogen-bond acceptors (Lipinski definition) is 2. The van der Waals surface area contributed by atoms with Crippen LogP contribution in [0.4, 0.5) is 0 Å². The maximum absolute atomic E-state index is 11.9. The molecular formula is C17H17ClO2. The molecule has 0 amide bonds. The van der Waals surface area contributed by atoms with E-state index >= 15 is 0 Å². The van der Waals surface area contributed by atoms with Gasteiger partial charge in [0.1, 0.15) is 0 Å². The van der Waals surface area contributed by atoms with E-state index in [-0.39, 0.29) is 11.9 Å². The van der Waals surface area contributed by atoms with Crippen molar-refractivity contribution in [3.63, 3.8) is 0 Å². The van der Waals surface area contributed by atoms with E-state index in [1.165, 1.54) is 0 Å². The van der Waals surface area contributed by atoms with Crippen LogP contribution in [0.15, 0.2) is 54.6 Å². The third-order valence-electron chi connectivity index (χ3n) is 3.00. The molecule has 0 saturated heterocycles. The molecule has 20 heavy (non-hydrogen) atoms. The number of carbonyl (C=O) groups is 1. The largest absolute Gasteiger partial charge is 0.452 e. The van der Waals surface area contributed by atoms with Crippen molar-refractivity contribution in [3.05, 3.63) is 70.7 Å². The van der Waals surface area contributed by atoms with Gasteiger partial charge in [0.25, 0.3) is 0 Å². The summed E-state index contributed by atoms with van der Waals surface area (Å²) in [7, 11) is 0. The van der Waals surface area contributed by atoms with E-state index in [4.69, 9.17) is 16.3 Å². The molecule has 2 aromatic rings. The second-order valence-corrected chi connectivity index (χ2v) is 5.31. The quantitative estimate of drug-likeness (QED) is 0.767. The zero-order valence-corrected chi connectivity index (χ0v) is 12.3. The van der Waals surface area contributed by atoms with E-state index < -0.39 is 6.10 Å². The number of halogens is 1. The summed E-state index contributed by atoms with van der Waals surface area (Å²) < 4.78 is 5.64. The summed E-state index contributed by atoms with van der Waals surface area (Å²) in [5, 5.41) is 0.595. The normalized spacial score (nSPS) is 12.2. The van der Waals surface area contributed by atoms with Gasteiger partial charge in [0.05, 0.1) is 5.92 Å². The molecule has 0 saturated carbocycles. The number of benzene rings is 2. The van der Waals surface area contributed by atoms with E-state index in [0.29, 0.717) is 5.02 Å². The lowest BCUT2D eigenvalue weighted by Gasteiger charge is -2.21. The van der Waals surface area contributed by atoms with Crippen molar-refractivity contribution in [1.29, 1.82) is 0 Å². The van der Waals surface area contributed by atoms with Crippen molar-refractivity contribution >= 4 is 17.6 Å².